The summed E-state index contributed by atoms with van der Waals surface area (Å²) in [5.41, 5.74) is 3.13. The Balaban J connectivity index is 2.52. The molecule has 0 saturated carbocycles. The lowest BCUT2D eigenvalue weighted by Crippen LogP contribution is -2.09. The number of H-pyrrole nitrogens is 1. The van der Waals surface area contributed by atoms with E-state index < -0.39 is 0 Å². The molecule has 0 saturated heterocycles. The maximum atomic E-state index is 12.2. The summed E-state index contributed by atoms with van der Waals surface area (Å²) in [6.45, 7) is 6.06. The number of aromatic amines is 1. The number of rotatable bonds is 4. The fourth-order valence-electron chi connectivity index (χ4n) is 2.09. The smallest absolute Gasteiger partial charge is 0.342 e. The summed E-state index contributed by atoms with van der Waals surface area (Å²) in [5, 5.41) is 16.0. The van der Waals surface area contributed by atoms with E-state index in [-0.39, 0.29) is 11.9 Å². The normalized spacial score (nSPS) is 10.4. The molecule has 2 rings (SSSR count). The van der Waals surface area contributed by atoms with Gasteiger partial charge in [0.2, 0.25) is 0 Å². The first-order valence-corrected chi connectivity index (χ1v) is 6.84. The third kappa shape index (κ3) is 2.95. The Bertz CT molecular complexity index is 679. The molecule has 0 amide bonds. The van der Waals surface area contributed by atoms with Crippen LogP contribution in [0, 0.1) is 11.3 Å². The molecular weight excluding hydrogens is 266 g/mol. The van der Waals surface area contributed by atoms with Crippen molar-refractivity contribution in [3.05, 3.63) is 41.1 Å². The van der Waals surface area contributed by atoms with Crippen LogP contribution in [0.25, 0.3) is 11.3 Å². The number of aromatic nitrogens is 2. The number of nitrogens with zero attached hydrogens (tertiary/aromatic N) is 2. The molecule has 1 N–H and O–H groups in total. The van der Waals surface area contributed by atoms with E-state index in [4.69, 9.17) is 10.00 Å². The highest BCUT2D eigenvalue weighted by atomic mass is 16.5. The Labute approximate surface area is 123 Å². The highest BCUT2D eigenvalue weighted by Crippen LogP contribution is 2.28. The van der Waals surface area contributed by atoms with Gasteiger partial charge in [0, 0.05) is 5.56 Å². The first-order chi connectivity index (χ1) is 10.1. The number of nitrogens with one attached hydrogen (secondary N) is 1. The van der Waals surface area contributed by atoms with Crippen molar-refractivity contribution >= 4 is 5.97 Å². The molecule has 0 spiro atoms. The number of hydrogen-bond acceptors (Lipinski definition) is 4. The van der Waals surface area contributed by atoms with Crippen molar-refractivity contribution in [3.8, 4) is 17.3 Å². The monoisotopic (exact) mass is 283 g/mol. The van der Waals surface area contributed by atoms with Crippen LogP contribution >= 0.6 is 0 Å². The largest absolute Gasteiger partial charge is 0.462 e. The van der Waals surface area contributed by atoms with E-state index in [1.807, 2.05) is 13.8 Å². The minimum Gasteiger partial charge on any atom is -0.462 e. The van der Waals surface area contributed by atoms with E-state index >= 15 is 0 Å². The molecular formula is C16H17N3O2. The van der Waals surface area contributed by atoms with Gasteiger partial charge in [-0.2, -0.15) is 10.4 Å². The number of ether oxygens (including phenoxy) is 1. The Kier molecular flexibility index (Phi) is 4.39. The highest BCUT2D eigenvalue weighted by Gasteiger charge is 2.24. The number of carbonyl (C=O) groups excluding carboxylic acids is 1. The predicted molar refractivity (Wildman–Crippen MR) is 78.8 cm³/mol. The van der Waals surface area contributed by atoms with Gasteiger partial charge in [-0.1, -0.05) is 26.0 Å². The fourth-order valence-corrected chi connectivity index (χ4v) is 2.09. The quantitative estimate of drug-likeness (QED) is 0.873. The second-order valence-electron chi connectivity index (χ2n) is 4.93. The highest BCUT2D eigenvalue weighted by molar-refractivity contribution is 5.97. The van der Waals surface area contributed by atoms with Crippen LogP contribution in [0.1, 0.15) is 48.3 Å². The standard InChI is InChI=1S/C16H17N3O2/c1-4-21-16(20)13-14(10(2)3)18-19-15(13)12-7-5-11(9-17)6-8-12/h5-8,10H,4H2,1-3H3,(H,18,19). The zero-order valence-electron chi connectivity index (χ0n) is 12.3. The lowest BCUT2D eigenvalue weighted by Gasteiger charge is -2.07. The molecule has 0 aliphatic heterocycles. The number of esters is 1. The Morgan fingerprint density at radius 2 is 2.05 bits per heavy atom. The molecule has 5 heteroatoms. The van der Waals surface area contributed by atoms with E-state index in [1.54, 1.807) is 31.2 Å². The predicted octanol–water partition coefficient (Wildman–Crippen LogP) is 3.25. The molecule has 2 aromatic rings. The third-order valence-electron chi connectivity index (χ3n) is 3.14. The summed E-state index contributed by atoms with van der Waals surface area (Å²) in [7, 11) is 0. The molecule has 0 bridgehead atoms. The minimum atomic E-state index is -0.380. The molecule has 1 heterocycles. The average molecular weight is 283 g/mol. The summed E-state index contributed by atoms with van der Waals surface area (Å²) in [6, 6.07) is 9.03. The van der Waals surface area contributed by atoms with E-state index in [1.165, 1.54) is 0 Å². The number of carbonyl (C=O) groups is 1. The molecule has 21 heavy (non-hydrogen) atoms. The van der Waals surface area contributed by atoms with Crippen LogP contribution in [0.2, 0.25) is 0 Å². The van der Waals surface area contributed by atoms with Crippen molar-refractivity contribution in [2.24, 2.45) is 0 Å². The van der Waals surface area contributed by atoms with E-state index in [0.717, 1.165) is 11.3 Å². The van der Waals surface area contributed by atoms with Crippen molar-refractivity contribution in [3.63, 3.8) is 0 Å². The zero-order chi connectivity index (χ0) is 15.4. The van der Waals surface area contributed by atoms with Gasteiger partial charge in [0.05, 0.1) is 23.9 Å². The van der Waals surface area contributed by atoms with Gasteiger partial charge >= 0.3 is 5.97 Å². The maximum absolute atomic E-state index is 12.2. The van der Waals surface area contributed by atoms with Gasteiger partial charge in [-0.3, -0.25) is 5.10 Å². The number of nitriles is 1. The topological polar surface area (TPSA) is 78.8 Å². The van der Waals surface area contributed by atoms with Gasteiger partial charge in [-0.05, 0) is 25.0 Å². The molecule has 1 aromatic heterocycles. The Hall–Kier alpha value is -2.61. The summed E-state index contributed by atoms with van der Waals surface area (Å²) in [5.74, 6) is -0.252. The molecule has 0 aliphatic carbocycles. The summed E-state index contributed by atoms with van der Waals surface area (Å²) >= 11 is 0. The second-order valence-corrected chi connectivity index (χ2v) is 4.93. The summed E-state index contributed by atoms with van der Waals surface area (Å²) in [4.78, 5) is 12.2. The van der Waals surface area contributed by atoms with Crippen molar-refractivity contribution in [1.29, 1.82) is 5.26 Å². The van der Waals surface area contributed by atoms with Crippen molar-refractivity contribution in [1.82, 2.24) is 10.2 Å². The zero-order valence-corrected chi connectivity index (χ0v) is 12.3. The van der Waals surface area contributed by atoms with E-state index in [2.05, 4.69) is 16.3 Å². The van der Waals surface area contributed by atoms with Crippen molar-refractivity contribution < 1.29 is 9.53 Å². The first kappa shape index (κ1) is 14.8. The molecule has 0 radical (unpaired) electrons. The molecule has 0 fully saturated rings. The van der Waals surface area contributed by atoms with Crippen LogP contribution in [-0.2, 0) is 4.74 Å². The molecule has 108 valence electrons. The van der Waals surface area contributed by atoms with Crippen LogP contribution in [0.4, 0.5) is 0 Å². The van der Waals surface area contributed by atoms with Gasteiger partial charge in [-0.15, -0.1) is 0 Å². The number of benzene rings is 1. The molecule has 0 unspecified atom stereocenters. The fraction of sp³-hybridized carbons (Fsp3) is 0.312. The lowest BCUT2D eigenvalue weighted by molar-refractivity contribution is 0.0525. The van der Waals surface area contributed by atoms with Crippen LogP contribution in [0.5, 0.6) is 0 Å². The van der Waals surface area contributed by atoms with Crippen LogP contribution in [0.3, 0.4) is 0 Å². The maximum Gasteiger partial charge on any atom is 0.342 e. The van der Waals surface area contributed by atoms with E-state index in [0.29, 0.717) is 23.4 Å². The van der Waals surface area contributed by atoms with Gasteiger partial charge in [0.1, 0.15) is 11.3 Å². The SMILES string of the molecule is CCOC(=O)c1c(-c2ccc(C#N)cc2)n[nH]c1C(C)C. The van der Waals surface area contributed by atoms with Crippen LogP contribution in [0.15, 0.2) is 24.3 Å². The first-order valence-electron chi connectivity index (χ1n) is 6.84. The molecule has 1 aromatic carbocycles. The van der Waals surface area contributed by atoms with Crippen LogP contribution in [-0.4, -0.2) is 22.8 Å². The summed E-state index contributed by atoms with van der Waals surface area (Å²) in [6.07, 6.45) is 0. The molecule has 0 atom stereocenters. The van der Waals surface area contributed by atoms with Gasteiger partial charge in [0.15, 0.2) is 0 Å². The second kappa shape index (κ2) is 6.23. The van der Waals surface area contributed by atoms with Crippen molar-refractivity contribution in [2.75, 3.05) is 6.61 Å². The van der Waals surface area contributed by atoms with Crippen molar-refractivity contribution in [2.45, 2.75) is 26.7 Å². The summed E-state index contributed by atoms with van der Waals surface area (Å²) < 4.78 is 5.13. The van der Waals surface area contributed by atoms with Gasteiger partial charge in [0.25, 0.3) is 0 Å². The minimum absolute atomic E-state index is 0.129. The molecule has 0 aliphatic rings. The molecule has 5 nitrogen and oxygen atoms in total. The van der Waals surface area contributed by atoms with Gasteiger partial charge in [-0.25, -0.2) is 4.79 Å². The van der Waals surface area contributed by atoms with Gasteiger partial charge < -0.3 is 4.74 Å². The average Bonchev–Trinajstić information content (AvgIpc) is 2.92. The lowest BCUT2D eigenvalue weighted by atomic mass is 10.00. The number of hydrogen-bond donors (Lipinski definition) is 1. The van der Waals surface area contributed by atoms with Crippen LogP contribution < -0.4 is 0 Å². The van der Waals surface area contributed by atoms with E-state index in [9.17, 15) is 4.79 Å². The third-order valence-corrected chi connectivity index (χ3v) is 3.14. The Morgan fingerprint density at radius 1 is 1.38 bits per heavy atom. The Morgan fingerprint density at radius 3 is 2.57 bits per heavy atom.